The molecule has 1 fully saturated rings. The molecule has 2 amide bonds. The average Bonchev–Trinajstić information content (AvgIpc) is 2.52. The smallest absolute Gasteiger partial charge is 0.253 e. The second-order valence-electron chi connectivity index (χ2n) is 5.45. The number of nitrogens with one attached hydrogen (secondary N) is 3. The molecular weight excluding hydrogens is 318 g/mol. The normalized spacial score (nSPS) is 14.7. The summed E-state index contributed by atoms with van der Waals surface area (Å²) in [6, 6.07) is 7.03. The largest absolute Gasteiger partial charge is 1.00 e. The van der Waals surface area contributed by atoms with Crippen LogP contribution in [0.2, 0.25) is 0 Å². The van der Waals surface area contributed by atoms with Crippen molar-refractivity contribution >= 4 is 17.5 Å². The molecule has 1 saturated heterocycles. The van der Waals surface area contributed by atoms with Crippen LogP contribution in [0.1, 0.15) is 23.7 Å². The van der Waals surface area contributed by atoms with Crippen LogP contribution < -0.4 is 27.9 Å². The first-order valence-corrected chi connectivity index (χ1v) is 7.73. The lowest BCUT2D eigenvalue weighted by Gasteiger charge is -2.23. The van der Waals surface area contributed by atoms with Crippen LogP contribution in [0.15, 0.2) is 24.3 Å². The highest BCUT2D eigenvalue weighted by Gasteiger charge is 2.14. The maximum Gasteiger partial charge on any atom is 0.253 e. The molecular formula is C16H24ClN3O3. The van der Waals surface area contributed by atoms with Crippen molar-refractivity contribution in [3.05, 3.63) is 29.8 Å². The molecule has 6 nitrogen and oxygen atoms in total. The summed E-state index contributed by atoms with van der Waals surface area (Å²) in [5, 5.41) is 5.60. The second-order valence-corrected chi connectivity index (χ2v) is 5.45. The van der Waals surface area contributed by atoms with Crippen LogP contribution in [0.25, 0.3) is 0 Å². The van der Waals surface area contributed by atoms with Gasteiger partial charge in [0, 0.05) is 19.9 Å². The van der Waals surface area contributed by atoms with E-state index in [1.54, 1.807) is 24.3 Å². The van der Waals surface area contributed by atoms with Gasteiger partial charge in [0.05, 0.1) is 31.0 Å². The highest BCUT2D eigenvalue weighted by Crippen LogP contribution is 2.14. The SMILES string of the molecule is CC(=O)Nc1ccccc1C(=O)NCCC[NH+]1CCOCC1.[Cl-]. The van der Waals surface area contributed by atoms with E-state index < -0.39 is 0 Å². The molecule has 0 saturated carbocycles. The minimum atomic E-state index is -0.184. The van der Waals surface area contributed by atoms with Gasteiger partial charge in [-0.1, -0.05) is 12.1 Å². The van der Waals surface area contributed by atoms with Crippen LogP contribution in [0, 0.1) is 0 Å². The Kier molecular flexibility index (Phi) is 8.61. The van der Waals surface area contributed by atoms with Gasteiger partial charge in [0.1, 0.15) is 13.1 Å². The zero-order chi connectivity index (χ0) is 15.8. The second kappa shape index (κ2) is 10.2. The van der Waals surface area contributed by atoms with Gasteiger partial charge in [-0.2, -0.15) is 0 Å². The van der Waals surface area contributed by atoms with Crippen LogP contribution in [0.4, 0.5) is 5.69 Å². The third-order valence-electron chi connectivity index (χ3n) is 3.67. The van der Waals surface area contributed by atoms with Gasteiger partial charge in [0.2, 0.25) is 5.91 Å². The van der Waals surface area contributed by atoms with E-state index in [0.717, 1.165) is 39.3 Å². The Morgan fingerprint density at radius 1 is 1.22 bits per heavy atom. The monoisotopic (exact) mass is 341 g/mol. The van der Waals surface area contributed by atoms with Crippen LogP contribution in [0.3, 0.4) is 0 Å². The summed E-state index contributed by atoms with van der Waals surface area (Å²) in [7, 11) is 0. The van der Waals surface area contributed by atoms with Crippen molar-refractivity contribution in [2.75, 3.05) is 44.7 Å². The molecule has 7 heteroatoms. The molecule has 2 rings (SSSR count). The first-order valence-electron chi connectivity index (χ1n) is 7.73. The number of ether oxygens (including phenoxy) is 1. The predicted molar refractivity (Wildman–Crippen MR) is 84.1 cm³/mol. The van der Waals surface area contributed by atoms with Gasteiger partial charge >= 0.3 is 0 Å². The molecule has 0 spiro atoms. The summed E-state index contributed by atoms with van der Waals surface area (Å²) in [4.78, 5) is 24.9. The number of amides is 2. The highest BCUT2D eigenvalue weighted by molar-refractivity contribution is 6.03. The van der Waals surface area contributed by atoms with Crippen molar-refractivity contribution in [1.82, 2.24) is 5.32 Å². The maximum atomic E-state index is 12.2. The van der Waals surface area contributed by atoms with Crippen LogP contribution in [-0.4, -0.2) is 51.2 Å². The fourth-order valence-corrected chi connectivity index (χ4v) is 2.53. The topological polar surface area (TPSA) is 71.9 Å². The van der Waals surface area contributed by atoms with Crippen LogP contribution >= 0.6 is 0 Å². The number of hydrogen-bond acceptors (Lipinski definition) is 3. The Bertz CT molecular complexity index is 519. The number of morpholine rings is 1. The summed E-state index contributed by atoms with van der Waals surface area (Å²) in [6.07, 6.45) is 0.934. The number of halogens is 1. The third kappa shape index (κ3) is 6.56. The summed E-state index contributed by atoms with van der Waals surface area (Å²) in [5.74, 6) is -0.336. The van der Waals surface area contributed by atoms with Crippen LogP contribution in [-0.2, 0) is 9.53 Å². The van der Waals surface area contributed by atoms with Crippen molar-refractivity contribution in [2.45, 2.75) is 13.3 Å². The molecule has 1 heterocycles. The van der Waals surface area contributed by atoms with E-state index in [9.17, 15) is 9.59 Å². The molecule has 0 aromatic heterocycles. The number of anilines is 1. The van der Waals surface area contributed by atoms with Gasteiger partial charge in [-0.3, -0.25) is 9.59 Å². The number of rotatable bonds is 6. The Balaban J connectivity index is 0.00000264. The van der Waals surface area contributed by atoms with Crippen molar-refractivity contribution in [3.63, 3.8) is 0 Å². The van der Waals surface area contributed by atoms with E-state index >= 15 is 0 Å². The molecule has 0 unspecified atom stereocenters. The minimum absolute atomic E-state index is 0. The number of carbonyl (C=O) groups excluding carboxylic acids is 2. The molecule has 0 radical (unpaired) electrons. The lowest BCUT2D eigenvalue weighted by atomic mass is 10.1. The first kappa shape index (κ1) is 19.4. The molecule has 128 valence electrons. The van der Waals surface area contributed by atoms with Gasteiger partial charge < -0.3 is 32.7 Å². The number of para-hydroxylation sites is 1. The molecule has 0 bridgehead atoms. The molecule has 23 heavy (non-hydrogen) atoms. The molecule has 1 aromatic carbocycles. The lowest BCUT2D eigenvalue weighted by Crippen LogP contribution is -3.14. The van der Waals surface area contributed by atoms with E-state index in [2.05, 4.69) is 10.6 Å². The van der Waals surface area contributed by atoms with E-state index in [1.807, 2.05) is 0 Å². The molecule has 0 atom stereocenters. The van der Waals surface area contributed by atoms with Gasteiger partial charge in [-0.05, 0) is 12.1 Å². The van der Waals surface area contributed by atoms with Crippen molar-refractivity contribution in [1.29, 1.82) is 0 Å². The Labute approximate surface area is 143 Å². The number of quaternary nitrogens is 1. The fourth-order valence-electron chi connectivity index (χ4n) is 2.53. The van der Waals surface area contributed by atoms with Crippen molar-refractivity contribution in [2.24, 2.45) is 0 Å². The Morgan fingerprint density at radius 2 is 1.91 bits per heavy atom. The number of hydrogen-bond donors (Lipinski definition) is 3. The summed E-state index contributed by atoms with van der Waals surface area (Å²) in [6.45, 7) is 6.84. The average molecular weight is 342 g/mol. The molecule has 1 aromatic rings. The third-order valence-corrected chi connectivity index (χ3v) is 3.67. The fraction of sp³-hybridized carbons (Fsp3) is 0.500. The maximum absolute atomic E-state index is 12.2. The Morgan fingerprint density at radius 3 is 2.61 bits per heavy atom. The van der Waals surface area contributed by atoms with Crippen molar-refractivity contribution in [3.8, 4) is 0 Å². The highest BCUT2D eigenvalue weighted by atomic mass is 35.5. The molecule has 1 aliphatic rings. The van der Waals surface area contributed by atoms with E-state index in [1.165, 1.54) is 11.8 Å². The van der Waals surface area contributed by atoms with Gasteiger partial charge in [-0.15, -0.1) is 0 Å². The molecule has 0 aliphatic carbocycles. The first-order chi connectivity index (χ1) is 10.7. The zero-order valence-corrected chi connectivity index (χ0v) is 14.1. The van der Waals surface area contributed by atoms with Crippen LogP contribution in [0.5, 0.6) is 0 Å². The molecule has 3 N–H and O–H groups in total. The standard InChI is InChI=1S/C16H23N3O3.ClH/c1-13(20)18-15-6-3-2-5-14(15)16(21)17-7-4-8-19-9-11-22-12-10-19;/h2-3,5-6H,4,7-12H2,1H3,(H,17,21)(H,18,20);1H. The minimum Gasteiger partial charge on any atom is -1.00 e. The Hall–Kier alpha value is -1.63. The summed E-state index contributed by atoms with van der Waals surface area (Å²) in [5.41, 5.74) is 1.04. The number of benzene rings is 1. The van der Waals surface area contributed by atoms with E-state index in [-0.39, 0.29) is 24.2 Å². The molecule has 1 aliphatic heterocycles. The van der Waals surface area contributed by atoms with Gasteiger partial charge in [0.15, 0.2) is 0 Å². The quantitative estimate of drug-likeness (QED) is 0.474. The number of carbonyl (C=O) groups is 2. The summed E-state index contributed by atoms with van der Waals surface area (Å²) >= 11 is 0. The summed E-state index contributed by atoms with van der Waals surface area (Å²) < 4.78 is 5.32. The predicted octanol–water partition coefficient (Wildman–Crippen LogP) is -3.32. The van der Waals surface area contributed by atoms with Gasteiger partial charge in [-0.25, -0.2) is 0 Å². The van der Waals surface area contributed by atoms with E-state index in [0.29, 0.717) is 17.8 Å². The lowest BCUT2D eigenvalue weighted by molar-refractivity contribution is -0.908. The van der Waals surface area contributed by atoms with Gasteiger partial charge in [0.25, 0.3) is 5.91 Å². The van der Waals surface area contributed by atoms with E-state index in [4.69, 9.17) is 4.74 Å². The zero-order valence-electron chi connectivity index (χ0n) is 13.4. The van der Waals surface area contributed by atoms with Crippen molar-refractivity contribution < 1.29 is 31.6 Å².